The van der Waals surface area contributed by atoms with Crippen LogP contribution in [-0.2, 0) is 10.2 Å². The molecular weight excluding hydrogens is 386 g/mol. The van der Waals surface area contributed by atoms with Gasteiger partial charge >= 0.3 is 5.97 Å². The highest BCUT2D eigenvalue weighted by Crippen LogP contribution is 2.42. The molecule has 0 spiro atoms. The molecule has 0 aliphatic heterocycles. The van der Waals surface area contributed by atoms with Gasteiger partial charge in [-0.3, -0.25) is 4.79 Å². The van der Waals surface area contributed by atoms with Gasteiger partial charge in [0.1, 0.15) is 0 Å². The van der Waals surface area contributed by atoms with E-state index in [1.54, 1.807) is 12.1 Å². The van der Waals surface area contributed by atoms with Crippen LogP contribution in [0.4, 0.5) is 0 Å². The number of nitrogens with zero attached hydrogens (tertiary/aromatic N) is 1. The Morgan fingerprint density at radius 2 is 1.90 bits per heavy atom. The van der Waals surface area contributed by atoms with Crippen molar-refractivity contribution in [1.82, 2.24) is 0 Å². The van der Waals surface area contributed by atoms with Crippen molar-refractivity contribution >= 4 is 37.8 Å². The number of aliphatic carboxylic acids is 1. The Kier molecular flexibility index (Phi) is 6.22. The number of hydrogen-bond donors (Lipinski definition) is 1. The van der Waals surface area contributed by atoms with Crippen LogP contribution in [0.5, 0.6) is 0 Å². The minimum Gasteiger partial charge on any atom is -0.481 e. The van der Waals surface area contributed by atoms with E-state index in [0.717, 1.165) is 18.4 Å². The van der Waals surface area contributed by atoms with Crippen molar-refractivity contribution in [1.29, 1.82) is 5.26 Å². The Morgan fingerprint density at radius 3 is 2.25 bits per heavy atom. The van der Waals surface area contributed by atoms with Gasteiger partial charge in [-0.15, -0.1) is 0 Å². The topological polar surface area (TPSA) is 61.1 Å². The second-order valence-corrected chi connectivity index (χ2v) is 6.48. The summed E-state index contributed by atoms with van der Waals surface area (Å²) in [5, 5.41) is 18.8. The first-order chi connectivity index (χ1) is 9.42. The summed E-state index contributed by atoms with van der Waals surface area (Å²) in [6, 6.07) is 5.43. The molecule has 0 bridgehead atoms. The van der Waals surface area contributed by atoms with Crippen molar-refractivity contribution in [2.45, 2.75) is 44.9 Å². The molecule has 1 N–H and O–H groups in total. The molecule has 0 heterocycles. The second-order valence-electron chi connectivity index (χ2n) is 4.77. The first kappa shape index (κ1) is 17.2. The number of halogens is 2. The molecule has 1 unspecified atom stereocenters. The van der Waals surface area contributed by atoms with Gasteiger partial charge < -0.3 is 5.11 Å². The summed E-state index contributed by atoms with van der Waals surface area (Å²) in [7, 11) is 0. The van der Waals surface area contributed by atoms with Gasteiger partial charge in [0.25, 0.3) is 0 Å². The van der Waals surface area contributed by atoms with Crippen molar-refractivity contribution in [2.24, 2.45) is 0 Å². The summed E-state index contributed by atoms with van der Waals surface area (Å²) >= 11 is 6.86. The summed E-state index contributed by atoms with van der Waals surface area (Å²) in [6.45, 7) is 3.94. The van der Waals surface area contributed by atoms with E-state index >= 15 is 0 Å². The summed E-state index contributed by atoms with van der Waals surface area (Å²) in [5.74, 6) is -0.820. The van der Waals surface area contributed by atoms with Gasteiger partial charge in [0, 0.05) is 8.95 Å². The zero-order chi connectivity index (χ0) is 15.3. The van der Waals surface area contributed by atoms with Crippen LogP contribution in [-0.4, -0.2) is 11.1 Å². The molecule has 0 aromatic heterocycles. The molecule has 108 valence electrons. The van der Waals surface area contributed by atoms with Crippen molar-refractivity contribution in [2.75, 3.05) is 0 Å². The van der Waals surface area contributed by atoms with E-state index < -0.39 is 11.4 Å². The van der Waals surface area contributed by atoms with Crippen LogP contribution in [0.2, 0.25) is 0 Å². The average molecular weight is 403 g/mol. The normalized spacial score (nSPS) is 13.6. The largest absolute Gasteiger partial charge is 0.481 e. The summed E-state index contributed by atoms with van der Waals surface area (Å²) < 4.78 is 1.34. The smallest absolute Gasteiger partial charge is 0.314 e. The van der Waals surface area contributed by atoms with E-state index in [1.807, 2.05) is 13.8 Å². The zero-order valence-electron chi connectivity index (χ0n) is 11.5. The lowest BCUT2D eigenvalue weighted by molar-refractivity contribution is -0.144. The Balaban J connectivity index is 3.49. The fourth-order valence-corrected chi connectivity index (χ4v) is 4.36. The second kappa shape index (κ2) is 7.24. The van der Waals surface area contributed by atoms with Gasteiger partial charge in [-0.05, 0) is 30.5 Å². The quantitative estimate of drug-likeness (QED) is 0.727. The fraction of sp³-hybridized carbons (Fsp3) is 0.467. The van der Waals surface area contributed by atoms with Crippen LogP contribution < -0.4 is 0 Å². The minimum atomic E-state index is -0.929. The molecule has 1 rings (SSSR count). The van der Waals surface area contributed by atoms with E-state index in [1.165, 1.54) is 0 Å². The van der Waals surface area contributed by atoms with Crippen molar-refractivity contribution < 1.29 is 9.90 Å². The molecule has 0 saturated carbocycles. The van der Waals surface area contributed by atoms with Gasteiger partial charge in [0.2, 0.25) is 0 Å². The number of carboxylic acid groups (broad SMARTS) is 1. The Hall–Kier alpha value is -0.860. The lowest BCUT2D eigenvalue weighted by Gasteiger charge is -2.31. The highest BCUT2D eigenvalue weighted by atomic mass is 79.9. The SMILES string of the molecule is CCCCC(CC)(C(=O)O)c1c(Br)cc(C#N)cc1Br. The molecule has 3 nitrogen and oxygen atoms in total. The minimum absolute atomic E-state index is 0.499. The maximum Gasteiger partial charge on any atom is 0.314 e. The number of unbranched alkanes of at least 4 members (excludes halogenated alkanes) is 1. The van der Waals surface area contributed by atoms with E-state index in [-0.39, 0.29) is 0 Å². The van der Waals surface area contributed by atoms with E-state index in [4.69, 9.17) is 5.26 Å². The summed E-state index contributed by atoms with van der Waals surface area (Å²) in [5.41, 5.74) is 0.292. The molecule has 0 saturated heterocycles. The monoisotopic (exact) mass is 401 g/mol. The maximum atomic E-state index is 11.9. The van der Waals surface area contributed by atoms with Crippen LogP contribution in [0.25, 0.3) is 0 Å². The van der Waals surface area contributed by atoms with Gasteiger partial charge in [-0.25, -0.2) is 0 Å². The molecule has 5 heteroatoms. The zero-order valence-corrected chi connectivity index (χ0v) is 14.7. The molecule has 20 heavy (non-hydrogen) atoms. The first-order valence-corrected chi connectivity index (χ1v) is 8.14. The highest BCUT2D eigenvalue weighted by molar-refractivity contribution is 9.11. The van der Waals surface area contributed by atoms with Crippen LogP contribution in [0.15, 0.2) is 21.1 Å². The van der Waals surface area contributed by atoms with Crippen LogP contribution >= 0.6 is 31.9 Å². The Morgan fingerprint density at radius 1 is 1.35 bits per heavy atom. The molecule has 0 aliphatic rings. The molecule has 0 fully saturated rings. The van der Waals surface area contributed by atoms with Gasteiger partial charge in [-0.2, -0.15) is 5.26 Å². The number of rotatable bonds is 6. The van der Waals surface area contributed by atoms with Gasteiger partial charge in [-0.1, -0.05) is 58.5 Å². The third kappa shape index (κ3) is 3.24. The standard InChI is InChI=1S/C15H17Br2NO2/c1-3-5-6-15(4-2,14(19)20)13-11(16)7-10(9-18)8-12(13)17/h7-8H,3-6H2,1-2H3,(H,19,20). The third-order valence-electron chi connectivity index (χ3n) is 3.62. The first-order valence-electron chi connectivity index (χ1n) is 6.56. The number of benzene rings is 1. The summed E-state index contributed by atoms with van der Waals surface area (Å²) in [4.78, 5) is 11.9. The number of carbonyl (C=O) groups is 1. The van der Waals surface area contributed by atoms with Gasteiger partial charge in [0.15, 0.2) is 0 Å². The maximum absolute atomic E-state index is 11.9. The van der Waals surface area contributed by atoms with Crippen molar-refractivity contribution in [3.63, 3.8) is 0 Å². The predicted molar refractivity (Wildman–Crippen MR) is 85.7 cm³/mol. The molecular formula is C15H17Br2NO2. The third-order valence-corrected chi connectivity index (χ3v) is 4.87. The van der Waals surface area contributed by atoms with Crippen molar-refractivity contribution in [3.8, 4) is 6.07 Å². The molecule has 1 aromatic carbocycles. The van der Waals surface area contributed by atoms with Crippen LogP contribution in [0.1, 0.15) is 50.7 Å². The predicted octanol–water partition coefficient (Wildman–Crippen LogP) is 5.01. The molecule has 1 aromatic rings. The van der Waals surface area contributed by atoms with E-state index in [2.05, 4.69) is 37.9 Å². The highest BCUT2D eigenvalue weighted by Gasteiger charge is 2.41. The van der Waals surface area contributed by atoms with Crippen molar-refractivity contribution in [3.05, 3.63) is 32.2 Å². The molecule has 0 amide bonds. The number of nitriles is 1. The van der Waals surface area contributed by atoms with E-state index in [0.29, 0.717) is 27.4 Å². The summed E-state index contributed by atoms with van der Waals surface area (Å²) in [6.07, 6.45) is 2.88. The van der Waals surface area contributed by atoms with E-state index in [9.17, 15) is 9.90 Å². The fourth-order valence-electron chi connectivity index (χ4n) is 2.42. The van der Waals surface area contributed by atoms with Gasteiger partial charge in [0.05, 0.1) is 17.0 Å². The Bertz CT molecular complexity index is 528. The average Bonchev–Trinajstić information content (AvgIpc) is 2.41. The Labute approximate surface area is 136 Å². The van der Waals surface area contributed by atoms with Crippen LogP contribution in [0.3, 0.4) is 0 Å². The molecule has 1 atom stereocenters. The van der Waals surface area contributed by atoms with Crippen LogP contribution in [0, 0.1) is 11.3 Å². The number of carboxylic acids is 1. The molecule has 0 aliphatic carbocycles. The molecule has 0 radical (unpaired) electrons. The lowest BCUT2D eigenvalue weighted by atomic mass is 9.74. The number of hydrogen-bond acceptors (Lipinski definition) is 2. The lowest BCUT2D eigenvalue weighted by Crippen LogP contribution is -2.36.